The van der Waals surface area contributed by atoms with Gasteiger partial charge >= 0.3 is 0 Å². The van der Waals surface area contributed by atoms with E-state index in [4.69, 9.17) is 0 Å². The topological polar surface area (TPSA) is 68.8 Å². The highest BCUT2D eigenvalue weighted by atomic mass is 16.2. The Hall–Kier alpha value is -3.71. The van der Waals surface area contributed by atoms with E-state index in [-0.39, 0.29) is 18.2 Å². The minimum atomic E-state index is -0.111. The van der Waals surface area contributed by atoms with E-state index in [1.807, 2.05) is 53.4 Å². The highest BCUT2D eigenvalue weighted by Crippen LogP contribution is 2.32. The maximum absolute atomic E-state index is 13.3. The molecule has 0 radical (unpaired) electrons. The third-order valence-corrected chi connectivity index (χ3v) is 6.83. The van der Waals surface area contributed by atoms with Crippen molar-refractivity contribution in [3.05, 3.63) is 83.2 Å². The van der Waals surface area contributed by atoms with Crippen LogP contribution in [-0.2, 0) is 17.6 Å². The number of aryl methyl sites for hydroxylation is 1. The average molecular weight is 470 g/mol. The molecule has 1 fully saturated rings. The van der Waals surface area contributed by atoms with E-state index in [9.17, 15) is 9.59 Å². The average Bonchev–Trinajstić information content (AvgIpc) is 3.28. The number of nitrogens with zero attached hydrogens (tertiary/aromatic N) is 4. The normalized spacial score (nSPS) is 15.7. The fourth-order valence-electron chi connectivity index (χ4n) is 4.83. The van der Waals surface area contributed by atoms with Gasteiger partial charge in [-0.15, -0.1) is 0 Å². The van der Waals surface area contributed by atoms with Crippen molar-refractivity contribution in [3.63, 3.8) is 0 Å². The molecule has 0 bridgehead atoms. The number of likely N-dealkylation sites (N-methyl/N-ethyl adjacent to an activating group) is 1. The summed E-state index contributed by atoms with van der Waals surface area (Å²) in [6.45, 7) is 6.47. The van der Waals surface area contributed by atoms with Crippen molar-refractivity contribution in [2.75, 3.05) is 54.9 Å². The van der Waals surface area contributed by atoms with Crippen molar-refractivity contribution in [2.24, 2.45) is 0 Å². The van der Waals surface area contributed by atoms with Crippen molar-refractivity contribution in [1.29, 1.82) is 0 Å². The molecule has 5 rings (SSSR count). The van der Waals surface area contributed by atoms with Crippen molar-refractivity contribution in [3.8, 4) is 0 Å². The van der Waals surface area contributed by atoms with Gasteiger partial charge in [-0.05, 0) is 74.0 Å². The van der Waals surface area contributed by atoms with Crippen LogP contribution < -0.4 is 15.1 Å². The Labute approximate surface area is 206 Å². The summed E-state index contributed by atoms with van der Waals surface area (Å²) in [5.41, 5.74) is 6.32. The Morgan fingerprint density at radius 1 is 0.943 bits per heavy atom. The second-order valence-electron chi connectivity index (χ2n) is 9.40. The molecule has 35 heavy (non-hydrogen) atoms. The number of nitrogens with one attached hydrogen (secondary N) is 1. The Morgan fingerprint density at radius 2 is 1.77 bits per heavy atom. The molecule has 1 aromatic heterocycles. The molecule has 7 nitrogen and oxygen atoms in total. The summed E-state index contributed by atoms with van der Waals surface area (Å²) >= 11 is 0. The molecule has 180 valence electrons. The Morgan fingerprint density at radius 3 is 2.54 bits per heavy atom. The lowest BCUT2D eigenvalue weighted by Gasteiger charge is -2.35. The summed E-state index contributed by atoms with van der Waals surface area (Å²) in [6, 6.07) is 17.4. The SMILES string of the molecule is Cc1ccc(C(=O)Nc2ccc3c(c2)CCN3C(=O)Cc2ccccn2)c(N2CCN(C)CC2)c1. The molecule has 3 aromatic rings. The number of piperazine rings is 1. The predicted octanol–water partition coefficient (Wildman–Crippen LogP) is 3.53. The predicted molar refractivity (Wildman–Crippen MR) is 139 cm³/mol. The largest absolute Gasteiger partial charge is 0.368 e. The van der Waals surface area contributed by atoms with Crippen molar-refractivity contribution in [2.45, 2.75) is 19.8 Å². The van der Waals surface area contributed by atoms with E-state index in [2.05, 4.69) is 40.1 Å². The molecule has 0 spiro atoms. The molecule has 2 aromatic carbocycles. The van der Waals surface area contributed by atoms with Gasteiger partial charge in [0, 0.05) is 61.7 Å². The van der Waals surface area contributed by atoms with Gasteiger partial charge in [-0.25, -0.2) is 0 Å². The van der Waals surface area contributed by atoms with Gasteiger partial charge in [-0.3, -0.25) is 14.6 Å². The van der Waals surface area contributed by atoms with Crippen LogP contribution in [0.2, 0.25) is 0 Å². The number of hydrogen-bond donors (Lipinski definition) is 1. The second kappa shape index (κ2) is 9.88. The quantitative estimate of drug-likeness (QED) is 0.619. The Kier molecular flexibility index (Phi) is 6.51. The number of aromatic nitrogens is 1. The summed E-state index contributed by atoms with van der Waals surface area (Å²) in [5.74, 6) is -0.0735. The highest BCUT2D eigenvalue weighted by molar-refractivity contribution is 6.08. The zero-order chi connectivity index (χ0) is 24.4. The molecule has 1 saturated heterocycles. The number of carbonyl (C=O) groups is 2. The van der Waals surface area contributed by atoms with Crippen LogP contribution in [0.15, 0.2) is 60.8 Å². The van der Waals surface area contributed by atoms with Crippen LogP contribution in [0, 0.1) is 6.92 Å². The van der Waals surface area contributed by atoms with Crippen LogP contribution in [-0.4, -0.2) is 61.5 Å². The van der Waals surface area contributed by atoms with E-state index >= 15 is 0 Å². The van der Waals surface area contributed by atoms with E-state index in [1.54, 1.807) is 6.20 Å². The molecular formula is C28H31N5O2. The van der Waals surface area contributed by atoms with E-state index in [0.717, 1.165) is 66.5 Å². The van der Waals surface area contributed by atoms with E-state index in [1.165, 1.54) is 0 Å². The van der Waals surface area contributed by atoms with Gasteiger partial charge in [-0.2, -0.15) is 0 Å². The van der Waals surface area contributed by atoms with Gasteiger partial charge in [0.1, 0.15) is 0 Å². The number of amides is 2. The highest BCUT2D eigenvalue weighted by Gasteiger charge is 2.26. The zero-order valence-electron chi connectivity index (χ0n) is 20.3. The van der Waals surface area contributed by atoms with Crippen LogP contribution in [0.3, 0.4) is 0 Å². The first kappa shape index (κ1) is 23.1. The van der Waals surface area contributed by atoms with Gasteiger partial charge < -0.3 is 20.0 Å². The van der Waals surface area contributed by atoms with Gasteiger partial charge in [0.15, 0.2) is 0 Å². The molecule has 1 N–H and O–H groups in total. The van der Waals surface area contributed by atoms with Crippen molar-refractivity contribution < 1.29 is 9.59 Å². The van der Waals surface area contributed by atoms with E-state index < -0.39 is 0 Å². The molecule has 2 aliphatic heterocycles. The minimum Gasteiger partial charge on any atom is -0.368 e. The third-order valence-electron chi connectivity index (χ3n) is 6.83. The molecular weight excluding hydrogens is 438 g/mol. The first-order valence-corrected chi connectivity index (χ1v) is 12.2. The Bertz CT molecular complexity index is 1240. The van der Waals surface area contributed by atoms with Crippen LogP contribution in [0.4, 0.5) is 17.1 Å². The van der Waals surface area contributed by atoms with Gasteiger partial charge in [0.05, 0.1) is 12.0 Å². The fourth-order valence-corrected chi connectivity index (χ4v) is 4.83. The van der Waals surface area contributed by atoms with Gasteiger partial charge in [-0.1, -0.05) is 12.1 Å². The summed E-state index contributed by atoms with van der Waals surface area (Å²) < 4.78 is 0. The maximum atomic E-state index is 13.3. The molecule has 0 aliphatic carbocycles. The molecule has 7 heteroatoms. The summed E-state index contributed by atoms with van der Waals surface area (Å²) in [5, 5.41) is 3.09. The first-order valence-electron chi connectivity index (χ1n) is 12.2. The molecule has 0 atom stereocenters. The smallest absolute Gasteiger partial charge is 0.257 e. The second-order valence-corrected chi connectivity index (χ2v) is 9.40. The van der Waals surface area contributed by atoms with Crippen LogP contribution in [0.25, 0.3) is 0 Å². The lowest BCUT2D eigenvalue weighted by molar-refractivity contribution is -0.117. The minimum absolute atomic E-state index is 0.0377. The number of hydrogen-bond acceptors (Lipinski definition) is 5. The lowest BCUT2D eigenvalue weighted by Crippen LogP contribution is -2.45. The zero-order valence-corrected chi connectivity index (χ0v) is 20.3. The molecule has 0 saturated carbocycles. The summed E-state index contributed by atoms with van der Waals surface area (Å²) in [6.07, 6.45) is 2.75. The van der Waals surface area contributed by atoms with E-state index in [0.29, 0.717) is 12.1 Å². The number of pyridine rings is 1. The number of rotatable bonds is 5. The monoisotopic (exact) mass is 469 g/mol. The number of anilines is 3. The fraction of sp³-hybridized carbons (Fsp3) is 0.321. The number of fused-ring (bicyclic) bond motifs is 1. The van der Waals surface area contributed by atoms with Gasteiger partial charge in [0.2, 0.25) is 5.91 Å². The number of benzene rings is 2. The third kappa shape index (κ3) is 5.05. The standard InChI is InChI=1S/C28H31N5O2/c1-20-6-8-24(26(17-20)32-15-13-31(2)14-16-32)28(35)30-23-7-9-25-21(18-23)10-12-33(25)27(34)19-22-5-3-4-11-29-22/h3-9,11,17-18H,10,12-16,19H2,1-2H3,(H,30,35). The van der Waals surface area contributed by atoms with Crippen molar-refractivity contribution >= 4 is 28.9 Å². The van der Waals surface area contributed by atoms with Crippen molar-refractivity contribution in [1.82, 2.24) is 9.88 Å². The summed E-state index contributed by atoms with van der Waals surface area (Å²) in [4.78, 5) is 36.9. The Balaban J connectivity index is 1.31. The summed E-state index contributed by atoms with van der Waals surface area (Å²) in [7, 11) is 2.13. The van der Waals surface area contributed by atoms with Crippen LogP contribution in [0.1, 0.15) is 27.2 Å². The number of carbonyl (C=O) groups excluding carboxylic acids is 2. The van der Waals surface area contributed by atoms with Crippen LogP contribution in [0.5, 0.6) is 0 Å². The molecule has 2 amide bonds. The van der Waals surface area contributed by atoms with Gasteiger partial charge in [0.25, 0.3) is 5.91 Å². The lowest BCUT2D eigenvalue weighted by atomic mass is 10.1. The molecule has 0 unspecified atom stereocenters. The molecule has 3 heterocycles. The first-order chi connectivity index (χ1) is 17.0. The van der Waals surface area contributed by atoms with Crippen LogP contribution >= 0.6 is 0 Å². The maximum Gasteiger partial charge on any atom is 0.257 e. The molecule has 2 aliphatic rings.